The fourth-order valence-electron chi connectivity index (χ4n) is 2.96. The molecule has 1 atom stereocenters. The third-order valence-corrected chi connectivity index (χ3v) is 4.16. The van der Waals surface area contributed by atoms with Crippen LogP contribution in [-0.4, -0.2) is 43.6 Å². The Labute approximate surface area is 158 Å². The lowest BCUT2D eigenvalue weighted by Gasteiger charge is -2.29. The van der Waals surface area contributed by atoms with Crippen molar-refractivity contribution < 1.29 is 0 Å². The lowest BCUT2D eigenvalue weighted by Crippen LogP contribution is -2.44. The smallest absolute Gasteiger partial charge is 0.191 e. The Morgan fingerprint density at radius 2 is 1.78 bits per heavy atom. The second-order valence-electron chi connectivity index (χ2n) is 6.42. The monoisotopic (exact) mass is 430 g/mol. The minimum absolute atomic E-state index is 0. The Morgan fingerprint density at radius 3 is 2.30 bits per heavy atom. The number of nitrogens with zero attached hydrogens (tertiary/aromatic N) is 2. The number of nitrogens with one attached hydrogen (secondary N) is 2. The normalized spacial score (nSPS) is 17.0. The first-order valence-electron chi connectivity index (χ1n) is 8.38. The van der Waals surface area contributed by atoms with Gasteiger partial charge in [0.1, 0.15) is 0 Å². The summed E-state index contributed by atoms with van der Waals surface area (Å²) in [6, 6.07) is 9.74. The second-order valence-corrected chi connectivity index (χ2v) is 6.42. The van der Waals surface area contributed by atoms with Gasteiger partial charge in [-0.25, -0.2) is 0 Å². The molecule has 1 fully saturated rings. The Morgan fingerprint density at radius 1 is 1.17 bits per heavy atom. The highest BCUT2D eigenvalue weighted by Gasteiger charge is 2.23. The number of hydrogen-bond acceptors (Lipinski definition) is 2. The van der Waals surface area contributed by atoms with Crippen LogP contribution in [0.2, 0.25) is 0 Å². The molecule has 2 N–H and O–H groups in total. The van der Waals surface area contributed by atoms with Crippen molar-refractivity contribution >= 4 is 29.9 Å². The predicted molar refractivity (Wildman–Crippen MR) is 110 cm³/mol. The third kappa shape index (κ3) is 6.30. The van der Waals surface area contributed by atoms with Gasteiger partial charge in [0.2, 0.25) is 0 Å². The van der Waals surface area contributed by atoms with Gasteiger partial charge in [0.05, 0.1) is 6.04 Å². The molecule has 0 spiro atoms. The molecule has 23 heavy (non-hydrogen) atoms. The largest absolute Gasteiger partial charge is 0.354 e. The van der Waals surface area contributed by atoms with E-state index in [0.717, 1.165) is 12.5 Å². The van der Waals surface area contributed by atoms with Crippen LogP contribution in [0.1, 0.15) is 43.9 Å². The molecule has 1 aliphatic heterocycles. The highest BCUT2D eigenvalue weighted by Crippen LogP contribution is 2.24. The van der Waals surface area contributed by atoms with Crippen LogP contribution in [0.3, 0.4) is 0 Å². The first kappa shape index (κ1) is 20.2. The van der Waals surface area contributed by atoms with E-state index < -0.39 is 0 Å². The van der Waals surface area contributed by atoms with Gasteiger partial charge in [-0.15, -0.1) is 24.0 Å². The topological polar surface area (TPSA) is 39.7 Å². The maximum Gasteiger partial charge on any atom is 0.191 e. The molecule has 1 aromatic rings. The molecule has 0 saturated carbocycles. The van der Waals surface area contributed by atoms with Gasteiger partial charge in [-0.3, -0.25) is 9.89 Å². The van der Waals surface area contributed by atoms with Crippen LogP contribution in [0.15, 0.2) is 29.3 Å². The zero-order valence-corrected chi connectivity index (χ0v) is 17.1. The maximum absolute atomic E-state index is 4.31. The van der Waals surface area contributed by atoms with Crippen molar-refractivity contribution in [1.82, 2.24) is 15.5 Å². The lowest BCUT2D eigenvalue weighted by molar-refractivity contribution is 0.245. The van der Waals surface area contributed by atoms with Gasteiger partial charge in [0.25, 0.3) is 0 Å². The first-order valence-corrected chi connectivity index (χ1v) is 8.38. The van der Waals surface area contributed by atoms with E-state index in [9.17, 15) is 0 Å². The van der Waals surface area contributed by atoms with E-state index in [-0.39, 0.29) is 24.0 Å². The summed E-state index contributed by atoms with van der Waals surface area (Å²) in [7, 11) is 1.83. The first-order chi connectivity index (χ1) is 10.6. The summed E-state index contributed by atoms with van der Waals surface area (Å²) in [4.78, 5) is 6.89. The SMILES string of the molecule is CN=C(NCC(c1ccc(C)cc1)N1CCCC1)NC(C)C.I. The van der Waals surface area contributed by atoms with E-state index in [2.05, 4.69) is 65.6 Å². The summed E-state index contributed by atoms with van der Waals surface area (Å²) in [6.45, 7) is 9.67. The van der Waals surface area contributed by atoms with E-state index in [0.29, 0.717) is 12.1 Å². The molecule has 1 heterocycles. The third-order valence-electron chi connectivity index (χ3n) is 4.16. The fourth-order valence-corrected chi connectivity index (χ4v) is 2.96. The van der Waals surface area contributed by atoms with Crippen LogP contribution in [0.25, 0.3) is 0 Å². The number of halogens is 1. The zero-order valence-electron chi connectivity index (χ0n) is 14.8. The minimum Gasteiger partial charge on any atom is -0.354 e. The summed E-state index contributed by atoms with van der Waals surface area (Å²) in [5, 5.41) is 6.84. The fraction of sp³-hybridized carbons (Fsp3) is 0.611. The number of rotatable bonds is 5. The van der Waals surface area contributed by atoms with Crippen LogP contribution in [0, 0.1) is 6.92 Å². The van der Waals surface area contributed by atoms with Gasteiger partial charge in [-0.05, 0) is 52.3 Å². The van der Waals surface area contributed by atoms with E-state index in [1.807, 2.05) is 7.05 Å². The zero-order chi connectivity index (χ0) is 15.9. The van der Waals surface area contributed by atoms with Gasteiger partial charge >= 0.3 is 0 Å². The summed E-state index contributed by atoms with van der Waals surface area (Å²) in [6.07, 6.45) is 2.61. The Kier molecular flexibility index (Phi) is 8.91. The predicted octanol–water partition coefficient (Wildman–Crippen LogP) is 3.32. The summed E-state index contributed by atoms with van der Waals surface area (Å²) < 4.78 is 0. The molecule has 0 aromatic heterocycles. The van der Waals surface area contributed by atoms with Crippen LogP contribution in [0.5, 0.6) is 0 Å². The minimum atomic E-state index is 0. The Balaban J connectivity index is 0.00000264. The van der Waals surface area contributed by atoms with Gasteiger partial charge in [0, 0.05) is 19.6 Å². The van der Waals surface area contributed by atoms with Crippen molar-refractivity contribution in [2.24, 2.45) is 4.99 Å². The number of aryl methyl sites for hydroxylation is 1. The molecule has 4 nitrogen and oxygen atoms in total. The van der Waals surface area contributed by atoms with Crippen molar-refractivity contribution in [3.05, 3.63) is 35.4 Å². The number of benzene rings is 1. The van der Waals surface area contributed by atoms with Crippen molar-refractivity contribution in [3.8, 4) is 0 Å². The van der Waals surface area contributed by atoms with Crippen molar-refractivity contribution in [2.45, 2.75) is 45.7 Å². The van der Waals surface area contributed by atoms with Crippen molar-refractivity contribution in [2.75, 3.05) is 26.7 Å². The molecule has 5 heteroatoms. The Hall–Kier alpha value is -0.820. The lowest BCUT2D eigenvalue weighted by atomic mass is 10.0. The molecule has 130 valence electrons. The molecule has 0 bridgehead atoms. The van der Waals surface area contributed by atoms with Crippen LogP contribution >= 0.6 is 24.0 Å². The van der Waals surface area contributed by atoms with E-state index in [1.165, 1.54) is 37.1 Å². The molecule has 1 aliphatic rings. The van der Waals surface area contributed by atoms with Gasteiger partial charge in [-0.1, -0.05) is 29.8 Å². The molecule has 1 unspecified atom stereocenters. The van der Waals surface area contributed by atoms with Crippen LogP contribution in [-0.2, 0) is 0 Å². The highest BCUT2D eigenvalue weighted by molar-refractivity contribution is 14.0. The van der Waals surface area contributed by atoms with Crippen molar-refractivity contribution in [1.29, 1.82) is 0 Å². The Bertz CT molecular complexity index is 478. The second kappa shape index (κ2) is 10.1. The molecule has 2 rings (SSSR count). The number of hydrogen-bond donors (Lipinski definition) is 2. The summed E-state index contributed by atoms with van der Waals surface area (Å²) in [5.41, 5.74) is 2.70. The average Bonchev–Trinajstić information content (AvgIpc) is 3.01. The molecule has 0 aliphatic carbocycles. The van der Waals surface area contributed by atoms with Gasteiger partial charge in [0.15, 0.2) is 5.96 Å². The maximum atomic E-state index is 4.31. The summed E-state index contributed by atoms with van der Waals surface area (Å²) in [5.74, 6) is 0.881. The number of guanidine groups is 1. The van der Waals surface area contributed by atoms with E-state index in [4.69, 9.17) is 0 Å². The highest BCUT2D eigenvalue weighted by atomic mass is 127. The quantitative estimate of drug-likeness (QED) is 0.428. The molecular weight excluding hydrogens is 399 g/mol. The van der Waals surface area contributed by atoms with E-state index in [1.54, 1.807) is 0 Å². The van der Waals surface area contributed by atoms with Gasteiger partial charge in [-0.2, -0.15) is 0 Å². The van der Waals surface area contributed by atoms with E-state index >= 15 is 0 Å². The number of aliphatic imine (C=N–C) groups is 1. The average molecular weight is 430 g/mol. The molecular formula is C18H31IN4. The van der Waals surface area contributed by atoms with Crippen LogP contribution in [0.4, 0.5) is 0 Å². The molecule has 1 saturated heterocycles. The molecule has 0 radical (unpaired) electrons. The van der Waals surface area contributed by atoms with Crippen molar-refractivity contribution in [3.63, 3.8) is 0 Å². The summed E-state index contributed by atoms with van der Waals surface area (Å²) >= 11 is 0. The molecule has 1 aromatic carbocycles. The number of likely N-dealkylation sites (tertiary alicyclic amines) is 1. The standard InChI is InChI=1S/C18H30N4.HI/c1-14(2)21-18(19-4)20-13-17(22-11-5-6-12-22)16-9-7-15(3)8-10-16;/h7-10,14,17H,5-6,11-13H2,1-4H3,(H2,19,20,21);1H. The van der Waals surface area contributed by atoms with Gasteiger partial charge < -0.3 is 10.6 Å². The van der Waals surface area contributed by atoms with Crippen LogP contribution < -0.4 is 10.6 Å². The molecule has 0 amide bonds.